The van der Waals surface area contributed by atoms with E-state index in [0.717, 1.165) is 0 Å². The molecule has 0 amide bonds. The summed E-state index contributed by atoms with van der Waals surface area (Å²) in [4.78, 5) is 0. The third kappa shape index (κ3) is 3.07. The van der Waals surface area contributed by atoms with Crippen molar-refractivity contribution in [3.05, 3.63) is 35.9 Å². The lowest BCUT2D eigenvalue weighted by Crippen LogP contribution is -2.11. The summed E-state index contributed by atoms with van der Waals surface area (Å²) in [5.41, 5.74) is 0.306. The molecule has 1 aromatic rings. The maximum Gasteiger partial charge on any atom is 0.393 e. The molecular weight excluding hydrogens is 153 g/mol. The number of hydrogen-bond acceptors (Lipinski definition) is 0. The van der Waals surface area contributed by atoms with Gasteiger partial charge in [-0.3, -0.25) is 0 Å². The molecule has 0 saturated carbocycles. The van der Waals surface area contributed by atoms with E-state index in [1.165, 1.54) is 12.1 Å². The number of alkyl halides is 3. The summed E-state index contributed by atoms with van der Waals surface area (Å²) < 4.78 is 35.2. The fourth-order valence-electron chi connectivity index (χ4n) is 0.827. The molecule has 0 spiro atoms. The minimum Gasteiger partial charge on any atom is -0.171 e. The van der Waals surface area contributed by atoms with Crippen molar-refractivity contribution in [2.45, 2.75) is 12.6 Å². The minimum absolute atomic E-state index is 0.306. The van der Waals surface area contributed by atoms with Gasteiger partial charge in [-0.2, -0.15) is 13.2 Å². The molecular formula is C8H7F3. The van der Waals surface area contributed by atoms with Gasteiger partial charge in [-0.05, 0) is 5.56 Å². The first-order valence-electron chi connectivity index (χ1n) is 3.18. The maximum absolute atomic E-state index is 11.7. The SMILES string of the molecule is FC(F)(F)Cc1ccccc1. The predicted octanol–water partition coefficient (Wildman–Crippen LogP) is 2.79. The molecule has 0 bridgehead atoms. The highest BCUT2D eigenvalue weighted by atomic mass is 19.4. The van der Waals surface area contributed by atoms with E-state index in [2.05, 4.69) is 0 Å². The van der Waals surface area contributed by atoms with Crippen LogP contribution in [-0.2, 0) is 6.42 Å². The van der Waals surface area contributed by atoms with Crippen molar-refractivity contribution in [2.75, 3.05) is 0 Å². The molecule has 60 valence electrons. The third-order valence-electron chi connectivity index (χ3n) is 1.25. The van der Waals surface area contributed by atoms with Gasteiger partial charge in [-0.25, -0.2) is 0 Å². The summed E-state index contributed by atoms with van der Waals surface area (Å²) in [6, 6.07) is 7.82. The number of halogens is 3. The molecule has 0 N–H and O–H groups in total. The topological polar surface area (TPSA) is 0 Å². The Bertz CT molecular complexity index is 213. The second kappa shape index (κ2) is 2.95. The molecule has 0 aromatic heterocycles. The highest BCUT2D eigenvalue weighted by Crippen LogP contribution is 2.20. The summed E-state index contributed by atoms with van der Waals surface area (Å²) in [6.07, 6.45) is -4.94. The Labute approximate surface area is 62.7 Å². The Kier molecular flexibility index (Phi) is 2.17. The minimum atomic E-state index is -4.10. The van der Waals surface area contributed by atoms with Crippen molar-refractivity contribution in [3.63, 3.8) is 0 Å². The van der Waals surface area contributed by atoms with E-state index >= 15 is 0 Å². The third-order valence-corrected chi connectivity index (χ3v) is 1.25. The molecule has 0 aliphatic rings. The molecule has 0 fully saturated rings. The van der Waals surface area contributed by atoms with Crippen LogP contribution in [0.2, 0.25) is 0 Å². The van der Waals surface area contributed by atoms with Crippen LogP contribution in [0.15, 0.2) is 30.3 Å². The molecule has 0 aliphatic carbocycles. The molecule has 1 aromatic carbocycles. The van der Waals surface area contributed by atoms with Gasteiger partial charge in [0.2, 0.25) is 0 Å². The molecule has 0 aliphatic heterocycles. The highest BCUT2D eigenvalue weighted by molar-refractivity contribution is 5.15. The van der Waals surface area contributed by atoms with Gasteiger partial charge in [-0.15, -0.1) is 0 Å². The van der Waals surface area contributed by atoms with Crippen molar-refractivity contribution < 1.29 is 13.2 Å². The van der Waals surface area contributed by atoms with Crippen LogP contribution in [0.25, 0.3) is 0 Å². The van der Waals surface area contributed by atoms with Gasteiger partial charge in [0.15, 0.2) is 0 Å². The van der Waals surface area contributed by atoms with E-state index in [1.54, 1.807) is 18.2 Å². The molecule has 0 heterocycles. The first-order chi connectivity index (χ1) is 5.08. The zero-order valence-corrected chi connectivity index (χ0v) is 5.73. The van der Waals surface area contributed by atoms with Gasteiger partial charge >= 0.3 is 6.18 Å². The number of benzene rings is 1. The Morgan fingerprint density at radius 2 is 1.55 bits per heavy atom. The van der Waals surface area contributed by atoms with Crippen molar-refractivity contribution in [1.29, 1.82) is 0 Å². The average Bonchev–Trinajstić information content (AvgIpc) is 1.85. The van der Waals surface area contributed by atoms with Crippen LogP contribution < -0.4 is 0 Å². The van der Waals surface area contributed by atoms with Crippen LogP contribution >= 0.6 is 0 Å². The maximum atomic E-state index is 11.7. The van der Waals surface area contributed by atoms with Crippen LogP contribution in [0, 0.1) is 0 Å². The van der Waals surface area contributed by atoms with Crippen LogP contribution in [0.5, 0.6) is 0 Å². The molecule has 0 nitrogen and oxygen atoms in total. The van der Waals surface area contributed by atoms with E-state index in [9.17, 15) is 13.2 Å². The molecule has 11 heavy (non-hydrogen) atoms. The standard InChI is InChI=1S/C8H7F3/c9-8(10,11)6-7-4-2-1-3-5-7/h1-5H,6H2. The van der Waals surface area contributed by atoms with Gasteiger partial charge < -0.3 is 0 Å². The summed E-state index contributed by atoms with van der Waals surface area (Å²) in [7, 11) is 0. The van der Waals surface area contributed by atoms with E-state index < -0.39 is 12.6 Å². The quantitative estimate of drug-likeness (QED) is 0.592. The Morgan fingerprint density at radius 1 is 1.00 bits per heavy atom. The lowest BCUT2D eigenvalue weighted by Gasteiger charge is -2.04. The van der Waals surface area contributed by atoms with Crippen LogP contribution in [0.3, 0.4) is 0 Å². The Balaban J connectivity index is 2.66. The lowest BCUT2D eigenvalue weighted by molar-refractivity contribution is -0.127. The van der Waals surface area contributed by atoms with E-state index in [0.29, 0.717) is 5.56 Å². The van der Waals surface area contributed by atoms with E-state index in [4.69, 9.17) is 0 Å². The van der Waals surface area contributed by atoms with Gasteiger partial charge in [0, 0.05) is 0 Å². The summed E-state index contributed by atoms with van der Waals surface area (Å²) in [6.45, 7) is 0. The van der Waals surface area contributed by atoms with E-state index in [1.807, 2.05) is 0 Å². The molecule has 0 atom stereocenters. The highest BCUT2D eigenvalue weighted by Gasteiger charge is 2.27. The lowest BCUT2D eigenvalue weighted by atomic mass is 10.1. The number of hydrogen-bond donors (Lipinski definition) is 0. The summed E-state index contributed by atoms with van der Waals surface area (Å²) >= 11 is 0. The molecule has 0 unspecified atom stereocenters. The smallest absolute Gasteiger partial charge is 0.171 e. The summed E-state index contributed by atoms with van der Waals surface area (Å²) in [5.74, 6) is 0. The van der Waals surface area contributed by atoms with Crippen molar-refractivity contribution in [1.82, 2.24) is 0 Å². The second-order valence-corrected chi connectivity index (χ2v) is 2.28. The van der Waals surface area contributed by atoms with Gasteiger partial charge in [0.05, 0.1) is 6.42 Å². The van der Waals surface area contributed by atoms with Gasteiger partial charge in [0.1, 0.15) is 0 Å². The zero-order chi connectivity index (χ0) is 8.32. The molecule has 3 heteroatoms. The van der Waals surface area contributed by atoms with Gasteiger partial charge in [-0.1, -0.05) is 30.3 Å². The average molecular weight is 160 g/mol. The van der Waals surface area contributed by atoms with Crippen molar-refractivity contribution in [3.8, 4) is 0 Å². The first-order valence-corrected chi connectivity index (χ1v) is 3.18. The van der Waals surface area contributed by atoms with Crippen LogP contribution in [-0.4, -0.2) is 6.18 Å². The largest absolute Gasteiger partial charge is 0.393 e. The van der Waals surface area contributed by atoms with Gasteiger partial charge in [0.25, 0.3) is 0 Å². The normalized spacial score (nSPS) is 11.5. The fraction of sp³-hybridized carbons (Fsp3) is 0.250. The number of rotatable bonds is 1. The molecule has 0 saturated heterocycles. The molecule has 0 radical (unpaired) electrons. The zero-order valence-electron chi connectivity index (χ0n) is 5.73. The van der Waals surface area contributed by atoms with Crippen LogP contribution in [0.1, 0.15) is 5.56 Å². The Hall–Kier alpha value is -0.990. The fourth-order valence-corrected chi connectivity index (χ4v) is 0.827. The molecule has 1 rings (SSSR count). The monoisotopic (exact) mass is 160 g/mol. The van der Waals surface area contributed by atoms with Crippen molar-refractivity contribution in [2.24, 2.45) is 0 Å². The van der Waals surface area contributed by atoms with E-state index in [-0.39, 0.29) is 0 Å². The summed E-state index contributed by atoms with van der Waals surface area (Å²) in [5, 5.41) is 0. The van der Waals surface area contributed by atoms with Crippen molar-refractivity contribution >= 4 is 0 Å². The first kappa shape index (κ1) is 8.11. The Morgan fingerprint density at radius 3 is 2.00 bits per heavy atom. The second-order valence-electron chi connectivity index (χ2n) is 2.28. The predicted molar refractivity (Wildman–Crippen MR) is 36.2 cm³/mol. The van der Waals surface area contributed by atoms with Crippen LogP contribution in [0.4, 0.5) is 13.2 Å².